The summed E-state index contributed by atoms with van der Waals surface area (Å²) in [6.45, 7) is 1.72. The molecule has 0 bridgehead atoms. The molecule has 2 heterocycles. The third kappa shape index (κ3) is 2.09. The van der Waals surface area contributed by atoms with E-state index in [1.807, 2.05) is 30.3 Å². The average Bonchev–Trinajstić information content (AvgIpc) is 2.89. The van der Waals surface area contributed by atoms with Gasteiger partial charge in [0.2, 0.25) is 0 Å². The molecule has 0 saturated heterocycles. The van der Waals surface area contributed by atoms with Gasteiger partial charge in [0.25, 0.3) is 0 Å². The van der Waals surface area contributed by atoms with Gasteiger partial charge in [0.05, 0.1) is 5.60 Å². The summed E-state index contributed by atoms with van der Waals surface area (Å²) in [5.74, 6) is 0.464. The highest BCUT2D eigenvalue weighted by atomic mass is 16.3. The number of rotatable bonds is 3. The summed E-state index contributed by atoms with van der Waals surface area (Å²) in [5.41, 5.74) is 5.35. The van der Waals surface area contributed by atoms with Crippen LogP contribution in [-0.4, -0.2) is 35.0 Å². The number of aliphatic hydroxyl groups is 1. The van der Waals surface area contributed by atoms with Crippen molar-refractivity contribution in [2.45, 2.75) is 24.6 Å². The summed E-state index contributed by atoms with van der Waals surface area (Å²) >= 11 is 0. The van der Waals surface area contributed by atoms with Crippen LogP contribution >= 0.6 is 0 Å². The molecule has 1 aromatic carbocycles. The van der Waals surface area contributed by atoms with Gasteiger partial charge in [0.1, 0.15) is 18.4 Å². The summed E-state index contributed by atoms with van der Waals surface area (Å²) in [7, 11) is 0. The Morgan fingerprint density at radius 1 is 1.20 bits per heavy atom. The quantitative estimate of drug-likeness (QED) is 0.851. The monoisotopic (exact) mass is 269 g/mol. The second-order valence-electron chi connectivity index (χ2n) is 5.16. The van der Waals surface area contributed by atoms with Gasteiger partial charge < -0.3 is 10.8 Å². The van der Waals surface area contributed by atoms with Crippen molar-refractivity contribution < 1.29 is 5.11 Å². The van der Waals surface area contributed by atoms with E-state index in [4.69, 9.17) is 5.73 Å². The van der Waals surface area contributed by atoms with Gasteiger partial charge >= 0.3 is 0 Å². The van der Waals surface area contributed by atoms with Gasteiger partial charge in [-0.1, -0.05) is 30.3 Å². The van der Waals surface area contributed by atoms with Crippen molar-refractivity contribution >= 4 is 24.2 Å². The average molecular weight is 269 g/mol. The molecule has 0 aromatic heterocycles. The van der Waals surface area contributed by atoms with Gasteiger partial charge in [-0.3, -0.25) is 0 Å². The first-order valence-electron chi connectivity index (χ1n) is 6.31. The Balaban J connectivity index is 1.91. The van der Waals surface area contributed by atoms with Crippen LogP contribution in [0.3, 0.4) is 0 Å². The Morgan fingerprint density at radius 3 is 2.70 bits per heavy atom. The molecule has 0 saturated carbocycles. The van der Waals surface area contributed by atoms with E-state index in [1.54, 1.807) is 6.92 Å². The Hall–Kier alpha value is -2.18. The fourth-order valence-electron chi connectivity index (χ4n) is 2.46. The smallest absolute Gasteiger partial charge is 0.180 e. The highest BCUT2D eigenvalue weighted by Gasteiger charge is 2.43. The van der Waals surface area contributed by atoms with E-state index in [9.17, 15) is 5.11 Å². The van der Waals surface area contributed by atoms with E-state index in [1.165, 1.54) is 12.7 Å². The summed E-state index contributed by atoms with van der Waals surface area (Å²) in [6, 6.07) is 9.37. The number of amidine groups is 1. The molecule has 0 spiro atoms. The van der Waals surface area contributed by atoms with Crippen LogP contribution in [0.2, 0.25) is 0 Å². The van der Waals surface area contributed by atoms with Crippen LogP contribution in [-0.2, 0) is 5.60 Å². The highest BCUT2D eigenvalue weighted by Crippen LogP contribution is 2.32. The van der Waals surface area contributed by atoms with Gasteiger partial charge in [-0.05, 0) is 12.5 Å². The lowest BCUT2D eigenvalue weighted by atomic mass is 9.84. The summed E-state index contributed by atoms with van der Waals surface area (Å²) < 4.78 is 0. The molecule has 0 radical (unpaired) electrons. The summed E-state index contributed by atoms with van der Waals surface area (Å²) in [5, 5.41) is 10.7. The van der Waals surface area contributed by atoms with Crippen LogP contribution in [0.15, 0.2) is 50.3 Å². The molecule has 2 aliphatic heterocycles. The zero-order valence-electron chi connectivity index (χ0n) is 11.1. The molecule has 0 amide bonds. The van der Waals surface area contributed by atoms with E-state index >= 15 is 0 Å². The lowest BCUT2D eigenvalue weighted by Gasteiger charge is -2.34. The molecule has 20 heavy (non-hydrogen) atoms. The van der Waals surface area contributed by atoms with Crippen molar-refractivity contribution in [2.75, 3.05) is 0 Å². The van der Waals surface area contributed by atoms with Crippen molar-refractivity contribution in [3.05, 3.63) is 35.9 Å². The molecule has 3 N–H and O–H groups in total. The molecular formula is C14H15N5O. The second kappa shape index (κ2) is 4.43. The zero-order valence-corrected chi connectivity index (χ0v) is 11.1. The van der Waals surface area contributed by atoms with Crippen molar-refractivity contribution in [2.24, 2.45) is 25.7 Å². The molecule has 102 valence electrons. The number of nitrogens with zero attached hydrogens (tertiary/aromatic N) is 4. The van der Waals surface area contributed by atoms with E-state index < -0.39 is 11.3 Å². The first-order valence-corrected chi connectivity index (χ1v) is 6.31. The maximum absolute atomic E-state index is 10.7. The molecule has 3 rings (SSSR count). The second-order valence-corrected chi connectivity index (χ2v) is 5.16. The minimum absolute atomic E-state index is 0.196. The van der Waals surface area contributed by atoms with Crippen LogP contribution in [0.4, 0.5) is 0 Å². The van der Waals surface area contributed by atoms with E-state index in [-0.39, 0.29) is 6.42 Å². The van der Waals surface area contributed by atoms with Gasteiger partial charge in [-0.2, -0.15) is 0 Å². The highest BCUT2D eigenvalue weighted by molar-refractivity contribution is 6.50. The number of fused-ring (bicyclic) bond motifs is 1. The largest absolute Gasteiger partial charge is 0.385 e. The third-order valence-electron chi connectivity index (χ3n) is 3.47. The number of hydrogen-bond acceptors (Lipinski definition) is 6. The fraction of sp³-hybridized carbons (Fsp3) is 0.286. The lowest BCUT2D eigenvalue weighted by molar-refractivity contribution is 0.0349. The van der Waals surface area contributed by atoms with Crippen LogP contribution in [0.25, 0.3) is 0 Å². The lowest BCUT2D eigenvalue weighted by Crippen LogP contribution is -2.54. The van der Waals surface area contributed by atoms with Gasteiger partial charge in [0.15, 0.2) is 11.5 Å². The predicted molar refractivity (Wildman–Crippen MR) is 79.4 cm³/mol. The van der Waals surface area contributed by atoms with E-state index in [0.29, 0.717) is 11.5 Å². The van der Waals surface area contributed by atoms with Crippen molar-refractivity contribution in [3.8, 4) is 0 Å². The Bertz CT molecular complexity index is 645. The number of aliphatic imine (C=N–C) groups is 4. The first-order chi connectivity index (χ1) is 9.51. The molecule has 0 fully saturated rings. The van der Waals surface area contributed by atoms with Gasteiger partial charge in [-0.25, -0.2) is 20.0 Å². The Morgan fingerprint density at radius 2 is 1.95 bits per heavy atom. The first kappa shape index (κ1) is 12.8. The molecule has 2 aliphatic rings. The van der Waals surface area contributed by atoms with Crippen LogP contribution in [0, 0.1) is 0 Å². The maximum atomic E-state index is 10.7. The summed E-state index contributed by atoms with van der Waals surface area (Å²) in [6.07, 6.45) is 2.97. The summed E-state index contributed by atoms with van der Waals surface area (Å²) in [4.78, 5) is 16.4. The molecule has 2 atom stereocenters. The molecule has 6 heteroatoms. The molecule has 0 aliphatic carbocycles. The Kier molecular flexibility index (Phi) is 2.84. The Labute approximate surface area is 116 Å². The normalized spacial score (nSPS) is 26.8. The third-order valence-corrected chi connectivity index (χ3v) is 3.47. The van der Waals surface area contributed by atoms with E-state index in [2.05, 4.69) is 20.0 Å². The van der Waals surface area contributed by atoms with Crippen molar-refractivity contribution in [1.82, 2.24) is 0 Å². The van der Waals surface area contributed by atoms with Crippen LogP contribution < -0.4 is 5.73 Å². The standard InChI is InChI=1S/C14H15N5O/c1-13(20,10-5-3-2-4-6-10)7-14(15)11-12(17-8-16-11)18-9-19-14/h2-6,8-9,20H,7,15H2,1H3. The van der Waals surface area contributed by atoms with Crippen LogP contribution in [0.1, 0.15) is 18.9 Å². The van der Waals surface area contributed by atoms with Crippen molar-refractivity contribution in [1.29, 1.82) is 0 Å². The minimum atomic E-state index is -1.12. The molecule has 1 aromatic rings. The topological polar surface area (TPSA) is 95.7 Å². The maximum Gasteiger partial charge on any atom is 0.180 e. The number of benzene rings is 1. The molecule has 2 unspecified atom stereocenters. The minimum Gasteiger partial charge on any atom is -0.385 e. The van der Waals surface area contributed by atoms with Gasteiger partial charge in [-0.15, -0.1) is 0 Å². The fourth-order valence-corrected chi connectivity index (χ4v) is 2.46. The van der Waals surface area contributed by atoms with Crippen molar-refractivity contribution in [3.63, 3.8) is 0 Å². The SMILES string of the molecule is CC(O)(CC1(N)N=CN=C2N=CN=C21)c1ccccc1. The molecule has 6 nitrogen and oxygen atoms in total. The number of nitrogens with two attached hydrogens (primary N) is 1. The predicted octanol–water partition coefficient (Wildman–Crippen LogP) is 0.862. The van der Waals surface area contributed by atoms with Gasteiger partial charge in [0, 0.05) is 6.42 Å². The van der Waals surface area contributed by atoms with E-state index in [0.717, 1.165) is 5.56 Å². The van der Waals surface area contributed by atoms with Crippen LogP contribution in [0.5, 0.6) is 0 Å². The number of hydrogen-bond donors (Lipinski definition) is 2. The molecular weight excluding hydrogens is 254 g/mol. The zero-order chi connectivity index (χ0) is 14.2.